The highest BCUT2D eigenvalue weighted by atomic mass is 19.1. The van der Waals surface area contributed by atoms with E-state index in [1.165, 1.54) is 12.1 Å². The maximum atomic E-state index is 13.1. The van der Waals surface area contributed by atoms with E-state index in [1.807, 2.05) is 19.1 Å². The molecule has 0 aliphatic heterocycles. The predicted octanol–water partition coefficient (Wildman–Crippen LogP) is 4.50. The molecule has 0 radical (unpaired) electrons. The van der Waals surface area contributed by atoms with Crippen LogP contribution in [0.25, 0.3) is 22.4 Å². The Morgan fingerprint density at radius 1 is 0.880 bits per heavy atom. The van der Waals surface area contributed by atoms with Crippen molar-refractivity contribution >= 4 is 5.82 Å². The van der Waals surface area contributed by atoms with Gasteiger partial charge < -0.3 is 4.90 Å². The van der Waals surface area contributed by atoms with E-state index in [9.17, 15) is 4.39 Å². The number of benzene rings is 1. The first-order valence-electron chi connectivity index (χ1n) is 8.42. The molecule has 2 heterocycles. The molecular weight excluding hydrogens is 315 g/mol. The lowest BCUT2D eigenvalue weighted by Crippen LogP contribution is -2.23. The molecule has 0 unspecified atom stereocenters. The highest BCUT2D eigenvalue weighted by molar-refractivity contribution is 5.71. The quantitative estimate of drug-likeness (QED) is 0.688. The summed E-state index contributed by atoms with van der Waals surface area (Å²) in [4.78, 5) is 15.6. The van der Waals surface area contributed by atoms with Crippen LogP contribution in [0, 0.1) is 12.7 Å². The number of aromatic nitrogens is 3. The van der Waals surface area contributed by atoms with Crippen LogP contribution >= 0.6 is 0 Å². The van der Waals surface area contributed by atoms with Crippen LogP contribution in [-0.2, 0) is 0 Å². The van der Waals surface area contributed by atoms with Crippen LogP contribution in [0.5, 0.6) is 0 Å². The molecule has 128 valence electrons. The van der Waals surface area contributed by atoms with Gasteiger partial charge in [-0.3, -0.25) is 4.98 Å². The van der Waals surface area contributed by atoms with Crippen molar-refractivity contribution in [2.75, 3.05) is 18.0 Å². The molecule has 0 fully saturated rings. The van der Waals surface area contributed by atoms with E-state index in [1.54, 1.807) is 24.5 Å². The normalized spacial score (nSPS) is 10.7. The van der Waals surface area contributed by atoms with Crippen molar-refractivity contribution in [2.45, 2.75) is 20.8 Å². The third-order valence-corrected chi connectivity index (χ3v) is 4.12. The maximum Gasteiger partial charge on any atom is 0.132 e. The maximum absolute atomic E-state index is 13.1. The lowest BCUT2D eigenvalue weighted by molar-refractivity contribution is 0.628. The van der Waals surface area contributed by atoms with Crippen LogP contribution in [0.2, 0.25) is 0 Å². The standard InChI is InChI=1S/C20H21FN4/c1-4-25(5-2)20-11-19(23-14(3)24-20)17-10-16(12-22-13-17)15-6-8-18(21)9-7-15/h6-13H,4-5H2,1-3H3. The summed E-state index contributed by atoms with van der Waals surface area (Å²) in [6, 6.07) is 10.4. The Balaban J connectivity index is 2.02. The molecule has 0 spiro atoms. The second-order valence-electron chi connectivity index (χ2n) is 5.80. The Labute approximate surface area is 147 Å². The Bertz CT molecular complexity index is 858. The van der Waals surface area contributed by atoms with Gasteiger partial charge in [0.15, 0.2) is 0 Å². The molecule has 0 aliphatic carbocycles. The van der Waals surface area contributed by atoms with Crippen molar-refractivity contribution in [3.8, 4) is 22.4 Å². The van der Waals surface area contributed by atoms with E-state index >= 15 is 0 Å². The first-order valence-corrected chi connectivity index (χ1v) is 8.42. The van der Waals surface area contributed by atoms with Gasteiger partial charge in [-0.25, -0.2) is 14.4 Å². The number of halogens is 1. The lowest BCUT2D eigenvalue weighted by atomic mass is 10.0. The largest absolute Gasteiger partial charge is 0.357 e. The van der Waals surface area contributed by atoms with Gasteiger partial charge in [0.1, 0.15) is 17.5 Å². The Morgan fingerprint density at radius 3 is 2.24 bits per heavy atom. The van der Waals surface area contributed by atoms with E-state index in [0.717, 1.165) is 47.1 Å². The third kappa shape index (κ3) is 3.82. The van der Waals surface area contributed by atoms with Crippen LogP contribution < -0.4 is 4.90 Å². The van der Waals surface area contributed by atoms with Crippen molar-refractivity contribution in [1.82, 2.24) is 15.0 Å². The summed E-state index contributed by atoms with van der Waals surface area (Å²) in [5, 5.41) is 0. The molecule has 0 N–H and O–H groups in total. The first-order chi connectivity index (χ1) is 12.1. The summed E-state index contributed by atoms with van der Waals surface area (Å²) < 4.78 is 13.1. The topological polar surface area (TPSA) is 41.9 Å². The smallest absolute Gasteiger partial charge is 0.132 e. The fourth-order valence-corrected chi connectivity index (χ4v) is 2.79. The summed E-state index contributed by atoms with van der Waals surface area (Å²) in [5.74, 6) is 1.40. The van der Waals surface area contributed by atoms with Gasteiger partial charge in [0, 0.05) is 42.7 Å². The molecule has 1 aromatic carbocycles. The van der Waals surface area contributed by atoms with Gasteiger partial charge in [0.25, 0.3) is 0 Å². The van der Waals surface area contributed by atoms with Gasteiger partial charge >= 0.3 is 0 Å². The molecule has 5 heteroatoms. The number of rotatable bonds is 5. The summed E-state index contributed by atoms with van der Waals surface area (Å²) in [5.41, 5.74) is 3.61. The average molecular weight is 336 g/mol. The second-order valence-corrected chi connectivity index (χ2v) is 5.80. The Morgan fingerprint density at radius 2 is 1.56 bits per heavy atom. The van der Waals surface area contributed by atoms with Crippen molar-refractivity contribution < 1.29 is 4.39 Å². The third-order valence-electron chi connectivity index (χ3n) is 4.12. The second kappa shape index (κ2) is 7.38. The number of hydrogen-bond donors (Lipinski definition) is 0. The summed E-state index contributed by atoms with van der Waals surface area (Å²) in [7, 11) is 0. The predicted molar refractivity (Wildman–Crippen MR) is 99.0 cm³/mol. The van der Waals surface area contributed by atoms with Gasteiger partial charge in [-0.05, 0) is 44.5 Å². The monoisotopic (exact) mass is 336 g/mol. The zero-order valence-electron chi connectivity index (χ0n) is 14.7. The molecule has 4 nitrogen and oxygen atoms in total. The molecule has 3 rings (SSSR count). The first kappa shape index (κ1) is 17.0. The van der Waals surface area contributed by atoms with Gasteiger partial charge in [-0.2, -0.15) is 0 Å². The number of aryl methyl sites for hydroxylation is 1. The van der Waals surface area contributed by atoms with Gasteiger partial charge in [-0.15, -0.1) is 0 Å². The van der Waals surface area contributed by atoms with Crippen molar-refractivity contribution in [2.24, 2.45) is 0 Å². The minimum absolute atomic E-state index is 0.247. The zero-order chi connectivity index (χ0) is 17.8. The summed E-state index contributed by atoms with van der Waals surface area (Å²) in [6.45, 7) is 7.89. The van der Waals surface area contributed by atoms with Crippen LogP contribution in [0.4, 0.5) is 10.2 Å². The molecule has 0 bridgehead atoms. The van der Waals surface area contributed by atoms with E-state index in [-0.39, 0.29) is 5.82 Å². The highest BCUT2D eigenvalue weighted by Crippen LogP contribution is 2.26. The number of hydrogen-bond acceptors (Lipinski definition) is 4. The van der Waals surface area contributed by atoms with Gasteiger partial charge in [0.2, 0.25) is 0 Å². The number of anilines is 1. The fraction of sp³-hybridized carbons (Fsp3) is 0.250. The number of pyridine rings is 1. The van der Waals surface area contributed by atoms with Crippen molar-refractivity contribution in [1.29, 1.82) is 0 Å². The minimum atomic E-state index is -0.247. The van der Waals surface area contributed by atoms with Crippen LogP contribution in [0.1, 0.15) is 19.7 Å². The molecule has 2 aromatic heterocycles. The average Bonchev–Trinajstić information content (AvgIpc) is 2.63. The molecule has 0 saturated heterocycles. The molecule has 3 aromatic rings. The van der Waals surface area contributed by atoms with E-state index < -0.39 is 0 Å². The van der Waals surface area contributed by atoms with E-state index in [0.29, 0.717) is 0 Å². The minimum Gasteiger partial charge on any atom is -0.357 e. The Hall–Kier alpha value is -2.82. The highest BCUT2D eigenvalue weighted by Gasteiger charge is 2.10. The molecule has 0 amide bonds. The number of nitrogens with zero attached hydrogens (tertiary/aromatic N) is 4. The molecule has 25 heavy (non-hydrogen) atoms. The molecular formula is C20H21FN4. The van der Waals surface area contributed by atoms with Gasteiger partial charge in [0.05, 0.1) is 5.69 Å². The fourth-order valence-electron chi connectivity index (χ4n) is 2.79. The van der Waals surface area contributed by atoms with E-state index in [2.05, 4.69) is 33.7 Å². The lowest BCUT2D eigenvalue weighted by Gasteiger charge is -2.20. The summed E-state index contributed by atoms with van der Waals surface area (Å²) >= 11 is 0. The zero-order valence-corrected chi connectivity index (χ0v) is 14.7. The molecule has 0 atom stereocenters. The molecule has 0 aliphatic rings. The van der Waals surface area contributed by atoms with Crippen molar-refractivity contribution in [3.63, 3.8) is 0 Å². The van der Waals surface area contributed by atoms with Crippen LogP contribution in [0.3, 0.4) is 0 Å². The van der Waals surface area contributed by atoms with Crippen LogP contribution in [0.15, 0.2) is 48.8 Å². The van der Waals surface area contributed by atoms with Crippen molar-refractivity contribution in [3.05, 3.63) is 60.4 Å². The molecule has 0 saturated carbocycles. The Kier molecular flexibility index (Phi) is 5.03. The van der Waals surface area contributed by atoms with E-state index in [4.69, 9.17) is 0 Å². The SMILES string of the molecule is CCN(CC)c1cc(-c2cncc(-c3ccc(F)cc3)c2)nc(C)n1. The van der Waals surface area contributed by atoms with Crippen LogP contribution in [-0.4, -0.2) is 28.0 Å². The summed E-state index contributed by atoms with van der Waals surface area (Å²) in [6.07, 6.45) is 3.57. The van der Waals surface area contributed by atoms with Gasteiger partial charge in [-0.1, -0.05) is 12.1 Å².